The van der Waals surface area contributed by atoms with Crippen molar-refractivity contribution in [3.8, 4) is 0 Å². The van der Waals surface area contributed by atoms with Crippen LogP contribution >= 0.6 is 0 Å². The summed E-state index contributed by atoms with van der Waals surface area (Å²) >= 11 is 0. The van der Waals surface area contributed by atoms with Gasteiger partial charge in [0.25, 0.3) is 0 Å². The van der Waals surface area contributed by atoms with Crippen molar-refractivity contribution in [2.75, 3.05) is 26.2 Å². The minimum atomic E-state index is 0.427. The summed E-state index contributed by atoms with van der Waals surface area (Å²) in [5.41, 5.74) is 0. The lowest BCUT2D eigenvalue weighted by molar-refractivity contribution is -0.133. The van der Waals surface area contributed by atoms with E-state index in [1.54, 1.807) is 0 Å². The van der Waals surface area contributed by atoms with Gasteiger partial charge in [0.15, 0.2) is 0 Å². The molecule has 0 spiro atoms. The van der Waals surface area contributed by atoms with E-state index in [-0.39, 0.29) is 0 Å². The number of carbonyl (C=O) groups excluding carboxylic acids is 1. The Morgan fingerprint density at radius 3 is 2.75 bits per heavy atom. The molecule has 3 fully saturated rings. The van der Waals surface area contributed by atoms with Crippen LogP contribution in [0.2, 0.25) is 0 Å². The summed E-state index contributed by atoms with van der Waals surface area (Å²) in [5.74, 6) is 3.64. The maximum absolute atomic E-state index is 12.6. The van der Waals surface area contributed by atoms with E-state index in [4.69, 9.17) is 0 Å². The molecule has 4 atom stereocenters. The summed E-state index contributed by atoms with van der Waals surface area (Å²) in [7, 11) is 0. The topological polar surface area (TPSA) is 32.3 Å². The highest BCUT2D eigenvalue weighted by Crippen LogP contribution is 2.49. The smallest absolute Gasteiger partial charge is 0.222 e. The number of nitrogens with one attached hydrogen (secondary N) is 1. The SMILES string of the molecule is CCN(CC1CCCNC1)C(=O)CC1CC2CCC1C2. The van der Waals surface area contributed by atoms with Crippen LogP contribution in [0, 0.1) is 23.7 Å². The number of piperidine rings is 1. The van der Waals surface area contributed by atoms with Crippen molar-refractivity contribution < 1.29 is 4.79 Å². The van der Waals surface area contributed by atoms with E-state index in [0.717, 1.165) is 44.4 Å². The lowest BCUT2D eigenvalue weighted by atomic mass is 9.86. The van der Waals surface area contributed by atoms with Gasteiger partial charge < -0.3 is 10.2 Å². The van der Waals surface area contributed by atoms with Crippen molar-refractivity contribution in [2.45, 2.75) is 51.9 Å². The molecule has 1 amide bonds. The third-order valence-corrected chi connectivity index (χ3v) is 5.93. The predicted octanol–water partition coefficient (Wildman–Crippen LogP) is 2.66. The number of nitrogens with zero attached hydrogens (tertiary/aromatic N) is 1. The van der Waals surface area contributed by atoms with E-state index in [9.17, 15) is 4.79 Å². The van der Waals surface area contributed by atoms with Gasteiger partial charge in [0.2, 0.25) is 5.91 Å². The first-order chi connectivity index (χ1) is 9.76. The number of hydrogen-bond donors (Lipinski definition) is 1. The zero-order valence-electron chi connectivity index (χ0n) is 12.9. The van der Waals surface area contributed by atoms with Crippen molar-refractivity contribution in [1.29, 1.82) is 0 Å². The number of hydrogen-bond acceptors (Lipinski definition) is 2. The predicted molar refractivity (Wildman–Crippen MR) is 81.4 cm³/mol. The van der Waals surface area contributed by atoms with Gasteiger partial charge in [-0.2, -0.15) is 0 Å². The quantitative estimate of drug-likeness (QED) is 0.838. The van der Waals surface area contributed by atoms with Crippen LogP contribution in [0.3, 0.4) is 0 Å². The molecule has 1 heterocycles. The number of rotatable bonds is 5. The summed E-state index contributed by atoms with van der Waals surface area (Å²) in [6, 6.07) is 0. The highest BCUT2D eigenvalue weighted by molar-refractivity contribution is 5.76. The fourth-order valence-corrected chi connectivity index (χ4v) is 4.78. The summed E-state index contributed by atoms with van der Waals surface area (Å²) < 4.78 is 0. The fraction of sp³-hybridized carbons (Fsp3) is 0.941. The van der Waals surface area contributed by atoms with Crippen molar-refractivity contribution in [1.82, 2.24) is 10.2 Å². The molecule has 0 aromatic rings. The van der Waals surface area contributed by atoms with Crippen molar-refractivity contribution in [3.63, 3.8) is 0 Å². The molecule has 3 aliphatic rings. The van der Waals surface area contributed by atoms with Crippen LogP contribution in [0.4, 0.5) is 0 Å². The molecule has 3 heteroatoms. The van der Waals surface area contributed by atoms with E-state index in [2.05, 4.69) is 17.1 Å². The molecule has 20 heavy (non-hydrogen) atoms. The van der Waals surface area contributed by atoms with Crippen molar-refractivity contribution >= 4 is 5.91 Å². The maximum Gasteiger partial charge on any atom is 0.222 e. The van der Waals surface area contributed by atoms with Crippen LogP contribution in [0.15, 0.2) is 0 Å². The number of amides is 1. The average molecular weight is 278 g/mol. The van der Waals surface area contributed by atoms with Gasteiger partial charge >= 0.3 is 0 Å². The van der Waals surface area contributed by atoms with Crippen LogP contribution in [0.25, 0.3) is 0 Å². The maximum atomic E-state index is 12.6. The van der Waals surface area contributed by atoms with Gasteiger partial charge in [0.1, 0.15) is 0 Å². The van der Waals surface area contributed by atoms with Gasteiger partial charge in [-0.25, -0.2) is 0 Å². The Morgan fingerprint density at radius 2 is 2.15 bits per heavy atom. The van der Waals surface area contributed by atoms with Gasteiger partial charge in [-0.3, -0.25) is 4.79 Å². The van der Waals surface area contributed by atoms with Crippen molar-refractivity contribution in [3.05, 3.63) is 0 Å². The average Bonchev–Trinajstić information content (AvgIpc) is 3.08. The standard InChI is InChI=1S/C17H30N2O/c1-2-19(12-14-4-3-7-18-11-14)17(20)10-16-9-13-5-6-15(16)8-13/h13-16,18H,2-12H2,1H3. The zero-order chi connectivity index (χ0) is 13.9. The molecule has 3 nitrogen and oxygen atoms in total. The molecular weight excluding hydrogens is 248 g/mol. The first-order valence-corrected chi connectivity index (χ1v) is 8.74. The lowest BCUT2D eigenvalue weighted by Gasteiger charge is -2.31. The van der Waals surface area contributed by atoms with Crippen molar-refractivity contribution in [2.24, 2.45) is 23.7 Å². The summed E-state index contributed by atoms with van der Waals surface area (Å²) in [6.07, 6.45) is 8.94. The molecule has 2 aliphatic carbocycles. The summed E-state index contributed by atoms with van der Waals surface area (Å²) in [6.45, 7) is 6.24. The summed E-state index contributed by atoms with van der Waals surface area (Å²) in [5, 5.41) is 3.46. The second-order valence-corrected chi connectivity index (χ2v) is 7.28. The second-order valence-electron chi connectivity index (χ2n) is 7.28. The minimum absolute atomic E-state index is 0.427. The number of fused-ring (bicyclic) bond motifs is 2. The van der Waals surface area contributed by atoms with Crippen LogP contribution in [-0.4, -0.2) is 37.0 Å². The van der Waals surface area contributed by atoms with Gasteiger partial charge in [0, 0.05) is 19.5 Å². The molecule has 114 valence electrons. The molecule has 2 saturated carbocycles. The molecule has 1 N–H and O–H groups in total. The van der Waals surface area contributed by atoms with E-state index in [0.29, 0.717) is 17.7 Å². The molecule has 4 unspecified atom stereocenters. The molecule has 0 radical (unpaired) electrons. The van der Waals surface area contributed by atoms with Gasteiger partial charge in [-0.15, -0.1) is 0 Å². The number of carbonyl (C=O) groups is 1. The third-order valence-electron chi connectivity index (χ3n) is 5.93. The molecule has 0 aromatic heterocycles. The normalized spacial score (nSPS) is 36.2. The molecule has 3 rings (SSSR count). The Hall–Kier alpha value is -0.570. The van der Waals surface area contributed by atoms with E-state index in [1.807, 2.05) is 0 Å². The minimum Gasteiger partial charge on any atom is -0.343 e. The molecule has 1 aliphatic heterocycles. The molecule has 1 saturated heterocycles. The largest absolute Gasteiger partial charge is 0.343 e. The Labute approximate surface area is 123 Å². The van der Waals surface area contributed by atoms with E-state index in [1.165, 1.54) is 38.5 Å². The third kappa shape index (κ3) is 3.19. The van der Waals surface area contributed by atoms with Crippen LogP contribution in [-0.2, 0) is 4.79 Å². The highest BCUT2D eigenvalue weighted by Gasteiger charge is 2.40. The Morgan fingerprint density at radius 1 is 1.25 bits per heavy atom. The van der Waals surface area contributed by atoms with E-state index < -0.39 is 0 Å². The van der Waals surface area contributed by atoms with Gasteiger partial charge in [-0.05, 0) is 75.8 Å². The van der Waals surface area contributed by atoms with Crippen LogP contribution < -0.4 is 5.32 Å². The molecular formula is C17H30N2O. The first kappa shape index (κ1) is 14.4. The summed E-state index contributed by atoms with van der Waals surface area (Å²) in [4.78, 5) is 14.7. The van der Waals surface area contributed by atoms with Crippen LogP contribution in [0.5, 0.6) is 0 Å². The zero-order valence-corrected chi connectivity index (χ0v) is 12.9. The monoisotopic (exact) mass is 278 g/mol. The Kier molecular flexibility index (Phi) is 4.65. The Balaban J connectivity index is 1.48. The highest BCUT2D eigenvalue weighted by atomic mass is 16.2. The molecule has 0 aromatic carbocycles. The fourth-order valence-electron chi connectivity index (χ4n) is 4.78. The molecule has 2 bridgehead atoms. The Bertz CT molecular complexity index is 338. The van der Waals surface area contributed by atoms with E-state index >= 15 is 0 Å². The van der Waals surface area contributed by atoms with Crippen LogP contribution in [0.1, 0.15) is 51.9 Å². The second kappa shape index (κ2) is 6.46. The van der Waals surface area contributed by atoms with Gasteiger partial charge in [0.05, 0.1) is 0 Å². The lowest BCUT2D eigenvalue weighted by Crippen LogP contribution is -2.41. The van der Waals surface area contributed by atoms with Gasteiger partial charge in [-0.1, -0.05) is 6.42 Å². The first-order valence-electron chi connectivity index (χ1n) is 8.74.